The van der Waals surface area contributed by atoms with Gasteiger partial charge in [-0.15, -0.1) is 0 Å². The summed E-state index contributed by atoms with van der Waals surface area (Å²) in [5, 5.41) is 10.8. The number of aryl methyl sites for hydroxylation is 2. The van der Waals surface area contributed by atoms with Crippen molar-refractivity contribution >= 4 is 23.1 Å². The van der Waals surface area contributed by atoms with E-state index in [4.69, 9.17) is 0 Å². The predicted octanol–water partition coefficient (Wildman–Crippen LogP) is 3.20. The van der Waals surface area contributed by atoms with Crippen LogP contribution < -0.4 is 10.6 Å². The lowest BCUT2D eigenvalue weighted by Crippen LogP contribution is -2.07. The van der Waals surface area contributed by atoms with Crippen LogP contribution in [0, 0.1) is 13.8 Å². The van der Waals surface area contributed by atoms with Crippen LogP contribution in [-0.4, -0.2) is 16.5 Å². The fourth-order valence-electron chi connectivity index (χ4n) is 1.65. The molecule has 0 saturated heterocycles. The molecule has 0 aliphatic rings. The van der Waals surface area contributed by atoms with Gasteiger partial charge in [0.15, 0.2) is 0 Å². The minimum absolute atomic E-state index is 0.682. The quantitative estimate of drug-likeness (QED) is 0.869. The number of aromatic nitrogens is 2. The number of rotatable bonds is 5. The summed E-state index contributed by atoms with van der Waals surface area (Å²) in [6, 6.07) is 1.96. The Kier molecular flexibility index (Phi) is 4.15. The van der Waals surface area contributed by atoms with Crippen molar-refractivity contribution in [2.45, 2.75) is 27.3 Å². The monoisotopic (exact) mass is 262 g/mol. The summed E-state index contributed by atoms with van der Waals surface area (Å²) in [6.45, 7) is 7.77. The van der Waals surface area contributed by atoms with Gasteiger partial charge in [0, 0.05) is 24.8 Å². The minimum atomic E-state index is 0.682. The number of hydrogen-bond acceptors (Lipinski definition) is 5. The lowest BCUT2D eigenvalue weighted by atomic mass is 10.2. The van der Waals surface area contributed by atoms with Crippen molar-refractivity contribution < 1.29 is 0 Å². The molecular weight excluding hydrogens is 244 g/mol. The molecule has 2 N–H and O–H groups in total. The fourth-order valence-corrected chi connectivity index (χ4v) is 2.51. The molecule has 18 heavy (non-hydrogen) atoms. The van der Waals surface area contributed by atoms with Crippen molar-refractivity contribution in [1.82, 2.24) is 9.97 Å². The second-order valence-electron chi connectivity index (χ2n) is 4.18. The van der Waals surface area contributed by atoms with Crippen LogP contribution in [0.4, 0.5) is 11.8 Å². The molecule has 0 aliphatic carbocycles. The highest BCUT2D eigenvalue weighted by molar-refractivity contribution is 7.08. The summed E-state index contributed by atoms with van der Waals surface area (Å²) in [5.41, 5.74) is 3.61. The third-order valence-electron chi connectivity index (χ3n) is 2.61. The maximum atomic E-state index is 4.42. The van der Waals surface area contributed by atoms with Crippen LogP contribution in [0.15, 0.2) is 16.8 Å². The molecule has 0 fully saturated rings. The normalized spacial score (nSPS) is 10.4. The molecule has 2 heterocycles. The van der Waals surface area contributed by atoms with Crippen LogP contribution in [-0.2, 0) is 6.54 Å². The first-order valence-electron chi connectivity index (χ1n) is 6.04. The molecule has 0 aliphatic heterocycles. The van der Waals surface area contributed by atoms with Crippen LogP contribution in [0.25, 0.3) is 0 Å². The number of thiophene rings is 1. The van der Waals surface area contributed by atoms with Gasteiger partial charge in [0.2, 0.25) is 5.95 Å². The molecule has 2 rings (SSSR count). The molecule has 4 nitrogen and oxygen atoms in total. The minimum Gasteiger partial charge on any atom is -0.366 e. The van der Waals surface area contributed by atoms with Crippen molar-refractivity contribution in [3.8, 4) is 0 Å². The topological polar surface area (TPSA) is 49.8 Å². The molecule has 0 atom stereocenters. The van der Waals surface area contributed by atoms with Gasteiger partial charge in [0.05, 0.1) is 0 Å². The molecule has 0 aromatic carbocycles. The number of hydrogen-bond donors (Lipinski definition) is 2. The average Bonchev–Trinajstić information content (AvgIpc) is 2.72. The maximum Gasteiger partial charge on any atom is 0.224 e. The third kappa shape index (κ3) is 3.20. The lowest BCUT2D eigenvalue weighted by Gasteiger charge is -2.08. The molecule has 0 bridgehead atoms. The van der Waals surface area contributed by atoms with E-state index in [1.807, 2.05) is 19.9 Å². The van der Waals surface area contributed by atoms with Crippen LogP contribution >= 0.6 is 11.3 Å². The Morgan fingerprint density at radius 2 is 2.00 bits per heavy atom. The van der Waals surface area contributed by atoms with Crippen LogP contribution in [0.3, 0.4) is 0 Å². The summed E-state index contributed by atoms with van der Waals surface area (Å²) in [5.74, 6) is 1.55. The second kappa shape index (κ2) is 5.82. The Hall–Kier alpha value is -1.62. The van der Waals surface area contributed by atoms with Gasteiger partial charge >= 0.3 is 0 Å². The van der Waals surface area contributed by atoms with E-state index < -0.39 is 0 Å². The molecule has 2 aromatic heterocycles. The van der Waals surface area contributed by atoms with Crippen molar-refractivity contribution in [2.24, 2.45) is 0 Å². The zero-order chi connectivity index (χ0) is 13.0. The van der Waals surface area contributed by atoms with Crippen molar-refractivity contribution in [3.63, 3.8) is 0 Å². The molecule has 0 spiro atoms. The van der Waals surface area contributed by atoms with Gasteiger partial charge < -0.3 is 10.6 Å². The first-order chi connectivity index (χ1) is 8.69. The van der Waals surface area contributed by atoms with Gasteiger partial charge in [0.25, 0.3) is 0 Å². The zero-order valence-electron chi connectivity index (χ0n) is 10.9. The Morgan fingerprint density at radius 1 is 1.17 bits per heavy atom. The maximum absolute atomic E-state index is 4.42. The third-order valence-corrected chi connectivity index (χ3v) is 3.52. The largest absolute Gasteiger partial charge is 0.366 e. The second-order valence-corrected chi connectivity index (χ2v) is 4.93. The van der Waals surface area contributed by atoms with E-state index in [1.165, 1.54) is 11.1 Å². The van der Waals surface area contributed by atoms with E-state index in [2.05, 4.69) is 38.3 Å². The lowest BCUT2D eigenvalue weighted by molar-refractivity contribution is 1.03. The Labute approximate surface area is 111 Å². The first-order valence-corrected chi connectivity index (χ1v) is 6.98. The van der Waals surface area contributed by atoms with Crippen LogP contribution in [0.5, 0.6) is 0 Å². The van der Waals surface area contributed by atoms with Crippen molar-refractivity contribution in [3.05, 3.63) is 33.6 Å². The summed E-state index contributed by atoms with van der Waals surface area (Å²) in [7, 11) is 0. The molecule has 96 valence electrons. The smallest absolute Gasteiger partial charge is 0.224 e. The van der Waals surface area contributed by atoms with Crippen molar-refractivity contribution in [2.75, 3.05) is 17.2 Å². The van der Waals surface area contributed by atoms with Crippen molar-refractivity contribution in [1.29, 1.82) is 0 Å². The molecule has 2 aromatic rings. The molecule has 5 heteroatoms. The van der Waals surface area contributed by atoms with Gasteiger partial charge in [-0.3, -0.25) is 0 Å². The molecule has 0 saturated carbocycles. The fraction of sp³-hybridized carbons (Fsp3) is 0.385. The van der Waals surface area contributed by atoms with Gasteiger partial charge in [-0.05, 0) is 42.7 Å². The molecule has 0 unspecified atom stereocenters. The highest BCUT2D eigenvalue weighted by Gasteiger charge is 2.03. The molecular formula is C13H18N4S. The van der Waals surface area contributed by atoms with Gasteiger partial charge in [-0.2, -0.15) is 16.3 Å². The van der Waals surface area contributed by atoms with E-state index in [9.17, 15) is 0 Å². The summed E-state index contributed by atoms with van der Waals surface area (Å²) < 4.78 is 0. The first kappa shape index (κ1) is 12.8. The summed E-state index contributed by atoms with van der Waals surface area (Å²) >= 11 is 1.73. The number of nitrogens with one attached hydrogen (secondary N) is 2. The SMILES string of the molecule is CCNc1nc(C)cc(NCc2cscc2C)n1. The highest BCUT2D eigenvalue weighted by atomic mass is 32.1. The van der Waals surface area contributed by atoms with E-state index in [0.29, 0.717) is 5.95 Å². The van der Waals surface area contributed by atoms with E-state index >= 15 is 0 Å². The van der Waals surface area contributed by atoms with E-state index in [-0.39, 0.29) is 0 Å². The standard InChI is InChI=1S/C13H18N4S/c1-4-14-13-16-10(3)5-12(17-13)15-6-11-8-18-7-9(11)2/h5,7-8H,4,6H2,1-3H3,(H2,14,15,16,17). The van der Waals surface area contributed by atoms with E-state index in [0.717, 1.165) is 24.6 Å². The van der Waals surface area contributed by atoms with Crippen LogP contribution in [0.2, 0.25) is 0 Å². The number of nitrogens with zero attached hydrogens (tertiary/aromatic N) is 2. The van der Waals surface area contributed by atoms with Crippen LogP contribution in [0.1, 0.15) is 23.7 Å². The molecule has 0 amide bonds. The predicted molar refractivity (Wildman–Crippen MR) is 77.3 cm³/mol. The summed E-state index contributed by atoms with van der Waals surface area (Å²) in [4.78, 5) is 8.75. The van der Waals surface area contributed by atoms with E-state index in [1.54, 1.807) is 11.3 Å². The Bertz CT molecular complexity index is 521. The van der Waals surface area contributed by atoms with Gasteiger partial charge in [-0.25, -0.2) is 4.98 Å². The zero-order valence-corrected chi connectivity index (χ0v) is 11.8. The van der Waals surface area contributed by atoms with Gasteiger partial charge in [-0.1, -0.05) is 0 Å². The Morgan fingerprint density at radius 3 is 2.67 bits per heavy atom. The average molecular weight is 262 g/mol. The number of anilines is 2. The van der Waals surface area contributed by atoms with Gasteiger partial charge in [0.1, 0.15) is 5.82 Å². The summed E-state index contributed by atoms with van der Waals surface area (Å²) in [6.07, 6.45) is 0. The Balaban J connectivity index is 2.07. The highest BCUT2D eigenvalue weighted by Crippen LogP contribution is 2.16. The molecule has 0 radical (unpaired) electrons.